The molecule has 0 aliphatic heterocycles. The first-order valence-electron chi connectivity index (χ1n) is 6.09. The molecule has 0 saturated heterocycles. The van der Waals surface area contributed by atoms with E-state index in [4.69, 9.17) is 5.11 Å². The summed E-state index contributed by atoms with van der Waals surface area (Å²) in [5.74, 6) is -2.47. The number of aliphatic carboxylic acids is 1. The third kappa shape index (κ3) is 2.40. The topological polar surface area (TPSA) is 81.3 Å². The van der Waals surface area contributed by atoms with Gasteiger partial charge < -0.3 is 5.11 Å². The number of carboxylic acid groups (broad SMARTS) is 1. The number of nitrogens with zero attached hydrogens (tertiary/aromatic N) is 2. The van der Waals surface area contributed by atoms with Crippen molar-refractivity contribution in [3.05, 3.63) is 52.7 Å². The predicted molar refractivity (Wildman–Crippen MR) is 72.4 cm³/mol. The molecule has 0 aliphatic carbocycles. The summed E-state index contributed by atoms with van der Waals surface area (Å²) in [5.41, 5.74) is 0.478. The van der Waals surface area contributed by atoms with Crippen LogP contribution in [-0.2, 0) is 4.79 Å². The smallest absolute Gasteiger partial charge is 0.377 e. The minimum Gasteiger partial charge on any atom is -0.475 e. The third-order valence-electron chi connectivity index (χ3n) is 2.96. The lowest BCUT2D eigenvalue weighted by atomic mass is 10.1. The molecule has 0 radical (unpaired) electrons. The van der Waals surface area contributed by atoms with E-state index in [-0.39, 0.29) is 17.3 Å². The van der Waals surface area contributed by atoms with Crippen molar-refractivity contribution in [3.63, 3.8) is 0 Å². The third-order valence-corrected chi connectivity index (χ3v) is 2.96. The van der Waals surface area contributed by atoms with Gasteiger partial charge in [-0.3, -0.25) is 13.9 Å². The highest BCUT2D eigenvalue weighted by Crippen LogP contribution is 2.10. The molecule has 0 saturated carbocycles. The number of aromatic nitrogens is 2. The lowest BCUT2D eigenvalue weighted by molar-refractivity contribution is -0.131. The fraction of sp³-hybridized carbons (Fsp3) is 0.214. The maximum Gasteiger partial charge on any atom is 0.377 e. The summed E-state index contributed by atoms with van der Waals surface area (Å²) < 4.78 is 3.02. The van der Waals surface area contributed by atoms with Gasteiger partial charge in [-0.05, 0) is 38.1 Å². The van der Waals surface area contributed by atoms with E-state index in [9.17, 15) is 14.4 Å². The molecule has 0 atom stereocenters. The number of Topliss-reactive ketones (excluding diaryl/α,β-unsaturated/α-hetero) is 1. The standard InChI is InChI=1S/C14H14N2O4/c1-9(2)15-7-8-16(14(15)20)11-5-3-10(4-6-11)12(17)13(18)19/h3-9H,1-2H3,(H,18,19). The van der Waals surface area contributed by atoms with Crippen LogP contribution in [0.25, 0.3) is 5.69 Å². The number of carboxylic acids is 1. The molecule has 0 amide bonds. The quantitative estimate of drug-likeness (QED) is 0.676. The Labute approximate surface area is 114 Å². The van der Waals surface area contributed by atoms with Crippen molar-refractivity contribution in [2.45, 2.75) is 19.9 Å². The Hall–Kier alpha value is -2.63. The number of carbonyl (C=O) groups is 2. The van der Waals surface area contributed by atoms with E-state index in [1.807, 2.05) is 13.8 Å². The van der Waals surface area contributed by atoms with Crippen molar-refractivity contribution >= 4 is 11.8 Å². The molecule has 0 fully saturated rings. The van der Waals surface area contributed by atoms with Gasteiger partial charge in [0.15, 0.2) is 0 Å². The predicted octanol–water partition coefficient (Wildman–Crippen LogP) is 1.49. The van der Waals surface area contributed by atoms with E-state index in [1.165, 1.54) is 16.7 Å². The van der Waals surface area contributed by atoms with Gasteiger partial charge >= 0.3 is 11.7 Å². The van der Waals surface area contributed by atoms with Crippen LogP contribution in [-0.4, -0.2) is 26.0 Å². The van der Waals surface area contributed by atoms with Crippen molar-refractivity contribution < 1.29 is 14.7 Å². The van der Waals surface area contributed by atoms with Crippen molar-refractivity contribution in [1.82, 2.24) is 9.13 Å². The zero-order valence-corrected chi connectivity index (χ0v) is 11.1. The molecule has 0 bridgehead atoms. The lowest BCUT2D eigenvalue weighted by Gasteiger charge is -2.05. The zero-order chi connectivity index (χ0) is 14.9. The first-order chi connectivity index (χ1) is 9.41. The molecular formula is C14H14N2O4. The molecule has 1 heterocycles. The fourth-order valence-electron chi connectivity index (χ4n) is 1.88. The highest BCUT2D eigenvalue weighted by molar-refractivity contribution is 6.39. The number of ketones is 1. The largest absolute Gasteiger partial charge is 0.475 e. The van der Waals surface area contributed by atoms with E-state index in [1.54, 1.807) is 29.1 Å². The summed E-state index contributed by atoms with van der Waals surface area (Å²) in [6.45, 7) is 3.81. The molecule has 2 aromatic rings. The van der Waals surface area contributed by atoms with Crippen LogP contribution >= 0.6 is 0 Å². The summed E-state index contributed by atoms with van der Waals surface area (Å²) in [6.07, 6.45) is 3.32. The maximum atomic E-state index is 12.1. The van der Waals surface area contributed by atoms with Gasteiger partial charge in [0, 0.05) is 24.0 Å². The Morgan fingerprint density at radius 3 is 2.15 bits per heavy atom. The number of hydrogen-bond donors (Lipinski definition) is 1. The second-order valence-electron chi connectivity index (χ2n) is 4.63. The fourth-order valence-corrected chi connectivity index (χ4v) is 1.88. The molecule has 0 spiro atoms. The van der Waals surface area contributed by atoms with Crippen LogP contribution in [0.3, 0.4) is 0 Å². The number of imidazole rings is 1. The van der Waals surface area contributed by atoms with Crippen LogP contribution in [0.15, 0.2) is 41.5 Å². The monoisotopic (exact) mass is 274 g/mol. The van der Waals surface area contributed by atoms with Gasteiger partial charge in [-0.1, -0.05) is 0 Å². The van der Waals surface area contributed by atoms with Crippen LogP contribution in [0, 0.1) is 0 Å². The van der Waals surface area contributed by atoms with Gasteiger partial charge in [0.25, 0.3) is 5.78 Å². The number of hydrogen-bond acceptors (Lipinski definition) is 3. The molecule has 2 rings (SSSR count). The molecule has 1 aromatic carbocycles. The average molecular weight is 274 g/mol. The minimum atomic E-state index is -1.50. The molecule has 0 unspecified atom stereocenters. The Bertz CT molecular complexity index is 708. The molecule has 20 heavy (non-hydrogen) atoms. The van der Waals surface area contributed by atoms with E-state index in [0.29, 0.717) is 5.69 Å². The zero-order valence-electron chi connectivity index (χ0n) is 11.1. The van der Waals surface area contributed by atoms with Crippen molar-refractivity contribution in [2.24, 2.45) is 0 Å². The molecule has 6 heteroatoms. The van der Waals surface area contributed by atoms with Gasteiger partial charge in [-0.15, -0.1) is 0 Å². The van der Waals surface area contributed by atoms with E-state index in [2.05, 4.69) is 0 Å². The molecule has 104 valence electrons. The Balaban J connectivity index is 2.38. The SMILES string of the molecule is CC(C)n1ccn(-c2ccc(C(=O)C(=O)O)cc2)c1=O. The first-order valence-corrected chi connectivity index (χ1v) is 6.09. The summed E-state index contributed by atoms with van der Waals surface area (Å²) in [4.78, 5) is 34.0. The number of benzene rings is 1. The maximum absolute atomic E-state index is 12.1. The summed E-state index contributed by atoms with van der Waals surface area (Å²) in [7, 11) is 0. The Morgan fingerprint density at radius 2 is 1.70 bits per heavy atom. The summed E-state index contributed by atoms with van der Waals surface area (Å²) >= 11 is 0. The highest BCUT2D eigenvalue weighted by Gasteiger charge is 2.14. The second kappa shape index (κ2) is 5.16. The summed E-state index contributed by atoms with van der Waals surface area (Å²) in [5, 5.41) is 8.62. The highest BCUT2D eigenvalue weighted by atomic mass is 16.4. The molecule has 1 N–H and O–H groups in total. The van der Waals surface area contributed by atoms with Gasteiger partial charge in [0.2, 0.25) is 0 Å². The van der Waals surface area contributed by atoms with Gasteiger partial charge in [-0.2, -0.15) is 0 Å². The minimum absolute atomic E-state index is 0.0524. The molecule has 1 aromatic heterocycles. The molecule has 6 nitrogen and oxygen atoms in total. The van der Waals surface area contributed by atoms with Crippen molar-refractivity contribution in [2.75, 3.05) is 0 Å². The average Bonchev–Trinajstić information content (AvgIpc) is 2.80. The van der Waals surface area contributed by atoms with Crippen LogP contribution in [0.2, 0.25) is 0 Å². The Kier molecular flexibility index (Phi) is 3.56. The van der Waals surface area contributed by atoms with Crippen LogP contribution in [0.4, 0.5) is 0 Å². The Morgan fingerprint density at radius 1 is 1.10 bits per heavy atom. The van der Waals surface area contributed by atoms with Crippen LogP contribution in [0.5, 0.6) is 0 Å². The number of rotatable bonds is 4. The van der Waals surface area contributed by atoms with Crippen molar-refractivity contribution in [3.8, 4) is 5.69 Å². The van der Waals surface area contributed by atoms with Crippen LogP contribution < -0.4 is 5.69 Å². The van der Waals surface area contributed by atoms with Gasteiger partial charge in [0.1, 0.15) is 0 Å². The second-order valence-corrected chi connectivity index (χ2v) is 4.63. The number of carbonyl (C=O) groups excluding carboxylic acids is 1. The van der Waals surface area contributed by atoms with Gasteiger partial charge in [0.05, 0.1) is 5.69 Å². The van der Waals surface area contributed by atoms with Crippen LogP contribution in [0.1, 0.15) is 30.2 Å². The molecular weight excluding hydrogens is 260 g/mol. The van der Waals surface area contributed by atoms with Gasteiger partial charge in [-0.25, -0.2) is 9.59 Å². The van der Waals surface area contributed by atoms with E-state index < -0.39 is 11.8 Å². The van der Waals surface area contributed by atoms with E-state index >= 15 is 0 Å². The first kappa shape index (κ1) is 13.8. The summed E-state index contributed by atoms with van der Waals surface area (Å²) in [6, 6.07) is 5.93. The molecule has 0 aliphatic rings. The lowest BCUT2D eigenvalue weighted by Crippen LogP contribution is -2.24. The normalized spacial score (nSPS) is 10.8. The van der Waals surface area contributed by atoms with E-state index in [0.717, 1.165) is 0 Å². The van der Waals surface area contributed by atoms with Crippen molar-refractivity contribution in [1.29, 1.82) is 0 Å².